The average molecular weight is 382 g/mol. The first-order chi connectivity index (χ1) is 11.0. The maximum Gasteiger partial charge on any atom is 0.260 e. The molecule has 0 spiro atoms. The summed E-state index contributed by atoms with van der Waals surface area (Å²) in [6.07, 6.45) is 0. The average Bonchev–Trinajstić information content (AvgIpc) is 2.55. The fraction of sp³-hybridized carbons (Fsp3) is 0.235. The zero-order chi connectivity index (χ0) is 16.7. The van der Waals surface area contributed by atoms with Crippen LogP contribution in [0.15, 0.2) is 53.0 Å². The summed E-state index contributed by atoms with van der Waals surface area (Å²) in [5.74, 6) is 0.690. The van der Waals surface area contributed by atoms with Gasteiger partial charge in [0.2, 0.25) is 0 Å². The number of amides is 1. The molecule has 2 aromatic carbocycles. The summed E-state index contributed by atoms with van der Waals surface area (Å²) in [6, 6.07) is 13.0. The molecule has 0 fully saturated rings. The van der Waals surface area contributed by atoms with Crippen molar-refractivity contribution < 1.29 is 18.7 Å². The number of halogens is 2. The SMILES string of the molecule is CN(CCOc1ccc(Br)cc1)C(=O)COc1ccc(F)cc1. The highest BCUT2D eigenvalue weighted by Crippen LogP contribution is 2.16. The van der Waals surface area contributed by atoms with E-state index in [1.54, 1.807) is 7.05 Å². The molecule has 0 unspecified atom stereocenters. The van der Waals surface area contributed by atoms with E-state index in [4.69, 9.17) is 9.47 Å². The van der Waals surface area contributed by atoms with Crippen LogP contribution < -0.4 is 9.47 Å². The minimum atomic E-state index is -0.342. The minimum Gasteiger partial charge on any atom is -0.492 e. The van der Waals surface area contributed by atoms with Gasteiger partial charge in [0.05, 0.1) is 6.54 Å². The molecule has 2 rings (SSSR count). The molecule has 0 N–H and O–H groups in total. The standard InChI is InChI=1S/C17H17BrFNO3/c1-20(10-11-22-15-6-2-13(18)3-7-15)17(21)12-23-16-8-4-14(19)5-9-16/h2-9H,10-12H2,1H3. The molecule has 0 saturated carbocycles. The summed E-state index contributed by atoms with van der Waals surface area (Å²) in [7, 11) is 1.68. The Kier molecular flexibility index (Phi) is 6.40. The molecule has 0 aromatic heterocycles. The molecule has 0 aliphatic heterocycles. The van der Waals surface area contributed by atoms with Gasteiger partial charge in [-0.1, -0.05) is 15.9 Å². The van der Waals surface area contributed by atoms with Crippen molar-refractivity contribution in [1.82, 2.24) is 4.90 Å². The van der Waals surface area contributed by atoms with Gasteiger partial charge in [-0.15, -0.1) is 0 Å². The molecule has 2 aromatic rings. The van der Waals surface area contributed by atoms with Crippen LogP contribution in [0, 0.1) is 5.82 Å². The highest BCUT2D eigenvalue weighted by atomic mass is 79.9. The first-order valence-electron chi connectivity index (χ1n) is 7.05. The number of carbonyl (C=O) groups is 1. The van der Waals surface area contributed by atoms with Crippen molar-refractivity contribution in [2.24, 2.45) is 0 Å². The summed E-state index contributed by atoms with van der Waals surface area (Å²) in [6.45, 7) is 0.739. The predicted octanol–water partition coefficient (Wildman–Crippen LogP) is 3.50. The molecule has 122 valence electrons. The highest BCUT2D eigenvalue weighted by Gasteiger charge is 2.09. The third-order valence-corrected chi connectivity index (χ3v) is 3.64. The van der Waals surface area contributed by atoms with Crippen LogP contribution in [0.3, 0.4) is 0 Å². The molecular formula is C17H17BrFNO3. The van der Waals surface area contributed by atoms with Crippen LogP contribution in [-0.2, 0) is 4.79 Å². The Morgan fingerprint density at radius 3 is 2.26 bits per heavy atom. The number of likely N-dealkylation sites (N-methyl/N-ethyl adjacent to an activating group) is 1. The van der Waals surface area contributed by atoms with E-state index in [-0.39, 0.29) is 18.3 Å². The Balaban J connectivity index is 1.70. The Bertz CT molecular complexity index is 631. The lowest BCUT2D eigenvalue weighted by Crippen LogP contribution is -2.34. The zero-order valence-electron chi connectivity index (χ0n) is 12.7. The molecule has 0 radical (unpaired) electrons. The number of hydrogen-bond acceptors (Lipinski definition) is 3. The van der Waals surface area contributed by atoms with E-state index >= 15 is 0 Å². The summed E-state index contributed by atoms with van der Waals surface area (Å²) < 4.78 is 24.6. The topological polar surface area (TPSA) is 38.8 Å². The van der Waals surface area contributed by atoms with Crippen molar-refractivity contribution in [2.45, 2.75) is 0 Å². The molecule has 6 heteroatoms. The Labute approximate surface area is 142 Å². The first kappa shape index (κ1) is 17.3. The van der Waals surface area contributed by atoms with Crippen LogP contribution in [0.5, 0.6) is 11.5 Å². The molecule has 4 nitrogen and oxygen atoms in total. The van der Waals surface area contributed by atoms with E-state index in [0.29, 0.717) is 18.9 Å². The van der Waals surface area contributed by atoms with Gasteiger partial charge in [0.15, 0.2) is 6.61 Å². The van der Waals surface area contributed by atoms with Crippen molar-refractivity contribution >= 4 is 21.8 Å². The second kappa shape index (κ2) is 8.53. The van der Waals surface area contributed by atoms with E-state index in [0.717, 1.165) is 10.2 Å². The normalized spacial score (nSPS) is 10.2. The molecule has 23 heavy (non-hydrogen) atoms. The number of hydrogen-bond donors (Lipinski definition) is 0. The summed E-state index contributed by atoms with van der Waals surface area (Å²) in [5.41, 5.74) is 0. The van der Waals surface area contributed by atoms with Gasteiger partial charge in [0.1, 0.15) is 23.9 Å². The molecular weight excluding hydrogens is 365 g/mol. The highest BCUT2D eigenvalue weighted by molar-refractivity contribution is 9.10. The monoisotopic (exact) mass is 381 g/mol. The van der Waals surface area contributed by atoms with E-state index < -0.39 is 0 Å². The molecule has 0 heterocycles. The van der Waals surface area contributed by atoms with Gasteiger partial charge in [-0.3, -0.25) is 4.79 Å². The van der Waals surface area contributed by atoms with Gasteiger partial charge in [-0.05, 0) is 48.5 Å². The third-order valence-electron chi connectivity index (χ3n) is 3.11. The molecule has 0 bridgehead atoms. The Hall–Kier alpha value is -2.08. The van der Waals surface area contributed by atoms with Crippen LogP contribution in [-0.4, -0.2) is 37.6 Å². The van der Waals surface area contributed by atoms with Crippen molar-refractivity contribution in [3.8, 4) is 11.5 Å². The maximum absolute atomic E-state index is 12.8. The molecule has 0 atom stereocenters. The Morgan fingerprint density at radius 2 is 1.61 bits per heavy atom. The second-order valence-corrected chi connectivity index (χ2v) is 5.78. The van der Waals surface area contributed by atoms with Crippen molar-refractivity contribution in [1.29, 1.82) is 0 Å². The van der Waals surface area contributed by atoms with Gasteiger partial charge >= 0.3 is 0 Å². The largest absolute Gasteiger partial charge is 0.492 e. The third kappa shape index (κ3) is 5.90. The van der Waals surface area contributed by atoms with Crippen molar-refractivity contribution in [3.05, 3.63) is 58.8 Å². The number of benzene rings is 2. The lowest BCUT2D eigenvalue weighted by Gasteiger charge is -2.17. The predicted molar refractivity (Wildman–Crippen MR) is 89.2 cm³/mol. The fourth-order valence-electron chi connectivity index (χ4n) is 1.74. The summed E-state index contributed by atoms with van der Waals surface area (Å²) >= 11 is 3.35. The molecule has 0 saturated heterocycles. The van der Waals surface area contributed by atoms with Gasteiger partial charge in [0.25, 0.3) is 5.91 Å². The lowest BCUT2D eigenvalue weighted by molar-refractivity contribution is -0.132. The molecule has 1 amide bonds. The summed E-state index contributed by atoms with van der Waals surface area (Å²) in [4.78, 5) is 13.5. The molecule has 0 aliphatic rings. The van der Waals surface area contributed by atoms with Crippen LogP contribution in [0.4, 0.5) is 4.39 Å². The first-order valence-corrected chi connectivity index (χ1v) is 7.84. The lowest BCUT2D eigenvalue weighted by atomic mass is 10.3. The number of rotatable bonds is 7. The quantitative estimate of drug-likeness (QED) is 0.736. The van der Waals surface area contributed by atoms with Crippen LogP contribution >= 0.6 is 15.9 Å². The van der Waals surface area contributed by atoms with E-state index in [1.807, 2.05) is 24.3 Å². The smallest absolute Gasteiger partial charge is 0.260 e. The minimum absolute atomic E-state index is 0.0968. The number of nitrogens with zero attached hydrogens (tertiary/aromatic N) is 1. The van der Waals surface area contributed by atoms with Gasteiger partial charge in [0, 0.05) is 11.5 Å². The van der Waals surface area contributed by atoms with E-state index in [1.165, 1.54) is 29.2 Å². The summed E-state index contributed by atoms with van der Waals surface area (Å²) in [5, 5.41) is 0. The molecule has 0 aliphatic carbocycles. The van der Waals surface area contributed by atoms with Crippen LogP contribution in [0.1, 0.15) is 0 Å². The Morgan fingerprint density at radius 1 is 1.04 bits per heavy atom. The van der Waals surface area contributed by atoms with Crippen molar-refractivity contribution in [2.75, 3.05) is 26.8 Å². The van der Waals surface area contributed by atoms with Crippen LogP contribution in [0.25, 0.3) is 0 Å². The number of carbonyl (C=O) groups excluding carboxylic acids is 1. The van der Waals surface area contributed by atoms with Crippen LogP contribution in [0.2, 0.25) is 0 Å². The van der Waals surface area contributed by atoms with Crippen molar-refractivity contribution in [3.63, 3.8) is 0 Å². The maximum atomic E-state index is 12.8. The van der Waals surface area contributed by atoms with Gasteiger partial charge in [-0.2, -0.15) is 0 Å². The number of ether oxygens (including phenoxy) is 2. The fourth-order valence-corrected chi connectivity index (χ4v) is 2.01. The second-order valence-electron chi connectivity index (χ2n) is 4.86. The van der Waals surface area contributed by atoms with E-state index in [2.05, 4.69) is 15.9 Å². The van der Waals surface area contributed by atoms with E-state index in [9.17, 15) is 9.18 Å². The van der Waals surface area contributed by atoms with Gasteiger partial charge < -0.3 is 14.4 Å². The van der Waals surface area contributed by atoms with Gasteiger partial charge in [-0.25, -0.2) is 4.39 Å². The zero-order valence-corrected chi connectivity index (χ0v) is 14.3.